The van der Waals surface area contributed by atoms with E-state index in [2.05, 4.69) is 50.4 Å². The fraction of sp³-hybridized carbons (Fsp3) is 0.500. The van der Waals surface area contributed by atoms with Gasteiger partial charge in [0.15, 0.2) is 0 Å². The maximum absolute atomic E-state index is 11.9. The van der Waals surface area contributed by atoms with Crippen molar-refractivity contribution < 1.29 is 4.79 Å². The lowest BCUT2D eigenvalue weighted by Crippen LogP contribution is -2.35. The number of nitrogens with one attached hydrogen (secondary N) is 1. The minimum atomic E-state index is 0.0292. The molecule has 1 fully saturated rings. The Morgan fingerprint density at radius 1 is 1.15 bits per heavy atom. The molecule has 1 saturated heterocycles. The summed E-state index contributed by atoms with van der Waals surface area (Å²) < 4.78 is 1.12. The molecule has 1 aromatic heterocycles. The van der Waals surface area contributed by atoms with Crippen LogP contribution < -0.4 is 5.32 Å². The van der Waals surface area contributed by atoms with Crippen LogP contribution in [0.25, 0.3) is 0 Å². The number of benzene rings is 1. The SMILES string of the molecule is CC(=O)Nc1sc2c(c1C(c1cccc(Br)c1)N1CCCCC1)CCCC2. The van der Waals surface area contributed by atoms with Crippen LogP contribution in [0.1, 0.15) is 66.6 Å². The average Bonchev–Trinajstić information content (AvgIpc) is 3.00. The molecule has 0 saturated carbocycles. The Labute approximate surface area is 174 Å². The molecule has 3 nitrogen and oxygen atoms in total. The molecule has 5 heteroatoms. The van der Waals surface area contributed by atoms with E-state index in [4.69, 9.17) is 0 Å². The van der Waals surface area contributed by atoms with Crippen molar-refractivity contribution in [2.24, 2.45) is 0 Å². The number of rotatable bonds is 4. The highest BCUT2D eigenvalue weighted by Gasteiger charge is 2.32. The first-order valence-corrected chi connectivity index (χ1v) is 11.7. The number of anilines is 1. The average molecular weight is 447 g/mol. The lowest BCUT2D eigenvalue weighted by Gasteiger charge is -2.36. The highest BCUT2D eigenvalue weighted by Crippen LogP contribution is 2.46. The number of carbonyl (C=O) groups is 1. The Morgan fingerprint density at radius 3 is 2.67 bits per heavy atom. The van der Waals surface area contributed by atoms with E-state index in [9.17, 15) is 4.79 Å². The number of likely N-dealkylation sites (tertiary alicyclic amines) is 1. The Bertz CT molecular complexity index is 826. The molecule has 0 spiro atoms. The number of amides is 1. The molecule has 0 radical (unpaired) electrons. The van der Waals surface area contributed by atoms with Crippen LogP contribution in [0.2, 0.25) is 0 Å². The van der Waals surface area contributed by atoms with Gasteiger partial charge in [0.25, 0.3) is 0 Å². The van der Waals surface area contributed by atoms with Crippen molar-refractivity contribution in [1.82, 2.24) is 4.90 Å². The summed E-state index contributed by atoms with van der Waals surface area (Å²) in [6.07, 6.45) is 8.64. The molecule has 2 aliphatic rings. The largest absolute Gasteiger partial charge is 0.318 e. The third kappa shape index (κ3) is 4.15. The minimum absolute atomic E-state index is 0.0292. The van der Waals surface area contributed by atoms with Gasteiger partial charge in [-0.3, -0.25) is 9.69 Å². The molecule has 4 rings (SSSR count). The second-order valence-electron chi connectivity index (χ2n) is 7.69. The number of hydrogen-bond donors (Lipinski definition) is 1. The van der Waals surface area contributed by atoms with Gasteiger partial charge >= 0.3 is 0 Å². The van der Waals surface area contributed by atoms with E-state index in [1.54, 1.807) is 6.92 Å². The van der Waals surface area contributed by atoms with Crippen LogP contribution in [-0.2, 0) is 17.6 Å². The second kappa shape index (κ2) is 8.46. The topological polar surface area (TPSA) is 32.3 Å². The van der Waals surface area contributed by atoms with E-state index in [1.807, 2.05) is 11.3 Å². The van der Waals surface area contributed by atoms with Crippen molar-refractivity contribution in [1.29, 1.82) is 0 Å². The summed E-state index contributed by atoms with van der Waals surface area (Å²) in [4.78, 5) is 16.1. The van der Waals surface area contributed by atoms with Crippen LogP contribution in [0.3, 0.4) is 0 Å². The molecule has 2 heterocycles. The van der Waals surface area contributed by atoms with Gasteiger partial charge in [0.1, 0.15) is 5.00 Å². The summed E-state index contributed by atoms with van der Waals surface area (Å²) in [7, 11) is 0. The summed E-state index contributed by atoms with van der Waals surface area (Å²) in [5.74, 6) is 0.0292. The molecule has 144 valence electrons. The van der Waals surface area contributed by atoms with Crippen LogP contribution >= 0.6 is 27.3 Å². The molecule has 1 unspecified atom stereocenters. The van der Waals surface area contributed by atoms with E-state index in [-0.39, 0.29) is 11.9 Å². The standard InChI is InChI=1S/C22H27BrN2OS/c1-15(26)24-22-20(18-10-3-4-11-19(18)27-22)21(25-12-5-2-6-13-25)16-8-7-9-17(23)14-16/h7-9,14,21H,2-6,10-13H2,1H3,(H,24,26). The van der Waals surface area contributed by atoms with Crippen molar-refractivity contribution in [3.63, 3.8) is 0 Å². The van der Waals surface area contributed by atoms with Gasteiger partial charge in [-0.05, 0) is 74.9 Å². The summed E-state index contributed by atoms with van der Waals surface area (Å²) in [5, 5.41) is 4.25. The van der Waals surface area contributed by atoms with E-state index in [0.29, 0.717) is 0 Å². The van der Waals surface area contributed by atoms with Crippen LogP contribution in [0.4, 0.5) is 5.00 Å². The maximum atomic E-state index is 11.9. The number of piperidine rings is 1. The molecule has 1 amide bonds. The zero-order valence-corrected chi connectivity index (χ0v) is 18.3. The van der Waals surface area contributed by atoms with Crippen molar-refractivity contribution in [2.45, 2.75) is 57.9 Å². The van der Waals surface area contributed by atoms with E-state index in [1.165, 1.54) is 53.7 Å². The highest BCUT2D eigenvalue weighted by molar-refractivity contribution is 9.10. The smallest absolute Gasteiger partial charge is 0.221 e. The van der Waals surface area contributed by atoms with Gasteiger partial charge in [-0.25, -0.2) is 0 Å². The third-order valence-corrected chi connectivity index (χ3v) is 7.41. The first kappa shape index (κ1) is 19.2. The summed E-state index contributed by atoms with van der Waals surface area (Å²) >= 11 is 5.48. The van der Waals surface area contributed by atoms with Gasteiger partial charge in [-0.1, -0.05) is 34.5 Å². The Balaban J connectivity index is 1.86. The molecule has 1 N–H and O–H groups in total. The monoisotopic (exact) mass is 446 g/mol. The predicted octanol–water partition coefficient (Wildman–Crippen LogP) is 5.92. The maximum Gasteiger partial charge on any atom is 0.221 e. The molecule has 1 aromatic carbocycles. The highest BCUT2D eigenvalue weighted by atomic mass is 79.9. The molecule has 1 aliphatic heterocycles. The second-order valence-corrected chi connectivity index (χ2v) is 9.71. The fourth-order valence-corrected chi connectivity index (χ4v) is 6.33. The van der Waals surface area contributed by atoms with Gasteiger partial charge in [0, 0.05) is 21.8 Å². The summed E-state index contributed by atoms with van der Waals surface area (Å²) in [6.45, 7) is 3.88. The molecule has 2 aromatic rings. The number of hydrogen-bond acceptors (Lipinski definition) is 3. The van der Waals surface area contributed by atoms with E-state index in [0.717, 1.165) is 35.4 Å². The van der Waals surface area contributed by atoms with Crippen molar-refractivity contribution in [3.05, 3.63) is 50.3 Å². The van der Waals surface area contributed by atoms with Crippen LogP contribution in [-0.4, -0.2) is 23.9 Å². The van der Waals surface area contributed by atoms with E-state index >= 15 is 0 Å². The van der Waals surface area contributed by atoms with Crippen LogP contribution in [0.5, 0.6) is 0 Å². The van der Waals surface area contributed by atoms with Gasteiger partial charge in [0.05, 0.1) is 6.04 Å². The third-order valence-electron chi connectivity index (χ3n) is 5.70. The number of carbonyl (C=O) groups excluding carboxylic acids is 1. The number of aryl methyl sites for hydroxylation is 1. The summed E-state index contributed by atoms with van der Waals surface area (Å²) in [5.41, 5.74) is 4.19. The number of halogens is 1. The normalized spacial score (nSPS) is 18.7. The number of nitrogens with zero attached hydrogens (tertiary/aromatic N) is 1. The first-order valence-electron chi connectivity index (χ1n) is 10.0. The zero-order chi connectivity index (χ0) is 18.8. The van der Waals surface area contributed by atoms with Gasteiger partial charge in [0.2, 0.25) is 5.91 Å². The van der Waals surface area contributed by atoms with Crippen LogP contribution in [0, 0.1) is 0 Å². The lowest BCUT2D eigenvalue weighted by atomic mass is 9.88. The molecule has 1 atom stereocenters. The first-order chi connectivity index (χ1) is 13.1. The van der Waals surface area contributed by atoms with Crippen molar-refractivity contribution in [2.75, 3.05) is 18.4 Å². The van der Waals surface area contributed by atoms with Crippen molar-refractivity contribution in [3.8, 4) is 0 Å². The molecular formula is C22H27BrN2OS. The zero-order valence-electron chi connectivity index (χ0n) is 15.9. The van der Waals surface area contributed by atoms with Crippen molar-refractivity contribution >= 4 is 38.2 Å². The van der Waals surface area contributed by atoms with E-state index < -0.39 is 0 Å². The van der Waals surface area contributed by atoms with Crippen LogP contribution in [0.15, 0.2) is 28.7 Å². The fourth-order valence-electron chi connectivity index (χ4n) is 4.55. The quantitative estimate of drug-likeness (QED) is 0.631. The Morgan fingerprint density at radius 2 is 1.93 bits per heavy atom. The molecule has 0 bridgehead atoms. The van der Waals surface area contributed by atoms with Gasteiger partial charge < -0.3 is 5.32 Å². The minimum Gasteiger partial charge on any atom is -0.318 e. The van der Waals surface area contributed by atoms with Gasteiger partial charge in [-0.15, -0.1) is 11.3 Å². The molecule has 27 heavy (non-hydrogen) atoms. The summed E-state index contributed by atoms with van der Waals surface area (Å²) in [6, 6.07) is 8.95. The predicted molar refractivity (Wildman–Crippen MR) is 117 cm³/mol. The number of thiophene rings is 1. The Kier molecular flexibility index (Phi) is 6.00. The lowest BCUT2D eigenvalue weighted by molar-refractivity contribution is -0.114. The van der Waals surface area contributed by atoms with Gasteiger partial charge in [-0.2, -0.15) is 0 Å². The number of fused-ring (bicyclic) bond motifs is 1. The molecule has 1 aliphatic carbocycles. The Hall–Kier alpha value is -1.17. The molecular weight excluding hydrogens is 420 g/mol.